The second-order valence-electron chi connectivity index (χ2n) is 6.10. The van der Waals surface area contributed by atoms with Crippen LogP contribution in [0.15, 0.2) is 33.5 Å². The molecule has 8 nitrogen and oxygen atoms in total. The monoisotopic (exact) mass is 391 g/mol. The second kappa shape index (κ2) is 7.09. The van der Waals surface area contributed by atoms with E-state index >= 15 is 0 Å². The van der Waals surface area contributed by atoms with Gasteiger partial charge >= 0.3 is 11.8 Å². The number of hydrogen-bond acceptors (Lipinski definition) is 8. The van der Waals surface area contributed by atoms with Gasteiger partial charge in [-0.3, -0.25) is 0 Å². The first kappa shape index (κ1) is 19.6. The molecule has 1 fully saturated rings. The third-order valence-electron chi connectivity index (χ3n) is 4.27. The summed E-state index contributed by atoms with van der Waals surface area (Å²) in [7, 11) is 0. The molecule has 11 heteroatoms. The molecule has 5 N–H and O–H groups in total. The first-order chi connectivity index (χ1) is 12.6. The van der Waals surface area contributed by atoms with Crippen molar-refractivity contribution >= 4 is 16.7 Å². The molecule has 0 amide bonds. The highest BCUT2D eigenvalue weighted by Gasteiger charge is 2.43. The maximum Gasteiger partial charge on any atom is 0.423 e. The van der Waals surface area contributed by atoms with Crippen LogP contribution in [0.1, 0.15) is 5.56 Å². The van der Waals surface area contributed by atoms with E-state index in [0.717, 1.165) is 0 Å². The van der Waals surface area contributed by atoms with E-state index in [-0.39, 0.29) is 16.7 Å². The van der Waals surface area contributed by atoms with Crippen molar-refractivity contribution in [3.8, 4) is 0 Å². The fraction of sp³-hybridized carbons (Fsp3) is 0.438. The number of halogens is 3. The topological polar surface area (TPSA) is 132 Å². The second-order valence-corrected chi connectivity index (χ2v) is 6.10. The van der Waals surface area contributed by atoms with Crippen molar-refractivity contribution in [1.82, 2.24) is 0 Å². The average molecular weight is 391 g/mol. The summed E-state index contributed by atoms with van der Waals surface area (Å²) in [5, 5.41) is 41.6. The predicted molar refractivity (Wildman–Crippen MR) is 84.9 cm³/mol. The summed E-state index contributed by atoms with van der Waals surface area (Å²) < 4.78 is 48.0. The van der Waals surface area contributed by atoms with Crippen LogP contribution in [0.5, 0.6) is 0 Å². The van der Waals surface area contributed by atoms with Crippen molar-refractivity contribution in [2.24, 2.45) is 0 Å². The Kier molecular flexibility index (Phi) is 5.14. The third-order valence-corrected chi connectivity index (χ3v) is 4.27. The van der Waals surface area contributed by atoms with Crippen molar-refractivity contribution < 1.29 is 42.8 Å². The predicted octanol–water partition coefficient (Wildman–Crippen LogP) is 0.0236. The van der Waals surface area contributed by atoms with Crippen molar-refractivity contribution in [3.63, 3.8) is 0 Å². The minimum Gasteiger partial charge on any atom is -0.422 e. The molecule has 148 valence electrons. The van der Waals surface area contributed by atoms with Crippen LogP contribution in [0.3, 0.4) is 0 Å². The minimum atomic E-state index is -4.85. The summed E-state index contributed by atoms with van der Waals surface area (Å²) in [6.07, 6.45) is -10.6. The molecule has 1 aliphatic rings. The Morgan fingerprint density at radius 2 is 1.81 bits per heavy atom. The zero-order valence-electron chi connectivity index (χ0n) is 13.6. The first-order valence-electron chi connectivity index (χ1n) is 7.84. The first-order valence-corrected chi connectivity index (χ1v) is 7.84. The summed E-state index contributed by atoms with van der Waals surface area (Å²) in [6, 6.07) is 3.26. The molecule has 0 spiro atoms. The van der Waals surface area contributed by atoms with Gasteiger partial charge in [-0.1, -0.05) is 0 Å². The van der Waals surface area contributed by atoms with E-state index in [0.29, 0.717) is 6.07 Å². The molecule has 5 atom stereocenters. The summed E-state index contributed by atoms with van der Waals surface area (Å²) in [4.78, 5) is 11.5. The number of aliphatic hydroxyl groups is 4. The van der Waals surface area contributed by atoms with E-state index in [9.17, 15) is 33.3 Å². The van der Waals surface area contributed by atoms with Crippen molar-refractivity contribution in [3.05, 3.63) is 40.2 Å². The maximum absolute atomic E-state index is 12.8. The molecule has 0 bridgehead atoms. The molecular weight excluding hydrogens is 375 g/mol. The lowest BCUT2D eigenvalue weighted by Gasteiger charge is -2.40. The fourth-order valence-corrected chi connectivity index (χ4v) is 2.84. The van der Waals surface area contributed by atoms with E-state index in [1.807, 2.05) is 0 Å². The van der Waals surface area contributed by atoms with Crippen LogP contribution < -0.4 is 10.9 Å². The molecule has 2 aromatic rings. The van der Waals surface area contributed by atoms with Crippen LogP contribution in [-0.2, 0) is 10.9 Å². The Balaban J connectivity index is 1.89. The number of fused-ring (bicyclic) bond motifs is 1. The quantitative estimate of drug-likeness (QED) is 0.463. The van der Waals surface area contributed by atoms with E-state index < -0.39 is 54.6 Å². The van der Waals surface area contributed by atoms with Crippen molar-refractivity contribution in [2.45, 2.75) is 36.8 Å². The molecule has 3 rings (SSSR count). The summed E-state index contributed by atoms with van der Waals surface area (Å²) in [6.45, 7) is -0.620. The normalized spacial score (nSPS) is 29.1. The maximum atomic E-state index is 12.8. The molecule has 1 saturated heterocycles. The summed E-state index contributed by atoms with van der Waals surface area (Å²) >= 11 is 0. The molecule has 27 heavy (non-hydrogen) atoms. The van der Waals surface area contributed by atoms with Crippen LogP contribution in [-0.4, -0.2) is 57.7 Å². The lowest BCUT2D eigenvalue weighted by Crippen LogP contribution is -2.61. The van der Waals surface area contributed by atoms with Crippen LogP contribution in [0, 0.1) is 0 Å². The molecule has 0 radical (unpaired) electrons. The number of alkyl halides is 3. The van der Waals surface area contributed by atoms with E-state index in [1.165, 1.54) is 18.2 Å². The van der Waals surface area contributed by atoms with Gasteiger partial charge in [0.15, 0.2) is 6.29 Å². The van der Waals surface area contributed by atoms with Gasteiger partial charge in [0.25, 0.3) is 0 Å². The van der Waals surface area contributed by atoms with Crippen LogP contribution >= 0.6 is 0 Å². The van der Waals surface area contributed by atoms with Gasteiger partial charge in [-0.25, -0.2) is 4.79 Å². The van der Waals surface area contributed by atoms with E-state index in [2.05, 4.69) is 5.32 Å². The summed E-state index contributed by atoms with van der Waals surface area (Å²) in [5.41, 5.74) is -2.94. The third kappa shape index (κ3) is 3.77. The number of benzene rings is 1. The molecule has 0 saturated carbocycles. The molecule has 2 unspecified atom stereocenters. The Labute approximate surface area is 149 Å². The number of aliphatic hydroxyl groups excluding tert-OH is 4. The lowest BCUT2D eigenvalue weighted by molar-refractivity contribution is -0.245. The van der Waals surface area contributed by atoms with Gasteiger partial charge in [0.05, 0.1) is 6.61 Å². The highest BCUT2D eigenvalue weighted by Crippen LogP contribution is 2.30. The van der Waals surface area contributed by atoms with Gasteiger partial charge in [-0.15, -0.1) is 0 Å². The number of nitrogens with one attached hydrogen (secondary N) is 1. The van der Waals surface area contributed by atoms with E-state index in [4.69, 9.17) is 14.3 Å². The van der Waals surface area contributed by atoms with Gasteiger partial charge < -0.3 is 34.9 Å². The molecule has 2 heterocycles. The average Bonchev–Trinajstić information content (AvgIpc) is 2.60. The van der Waals surface area contributed by atoms with Crippen molar-refractivity contribution in [1.29, 1.82) is 0 Å². The SMILES string of the molecule is O=c1oc2cc(NC3[C@@H](O)OC(CO)[C@H](O)[C@H]3O)ccc2cc1C(F)(F)F. The smallest absolute Gasteiger partial charge is 0.422 e. The minimum absolute atomic E-state index is 0.0221. The highest BCUT2D eigenvalue weighted by atomic mass is 19.4. The largest absolute Gasteiger partial charge is 0.423 e. The van der Waals surface area contributed by atoms with Gasteiger partial charge in [0, 0.05) is 17.1 Å². The van der Waals surface area contributed by atoms with Gasteiger partial charge in [-0.05, 0) is 18.2 Å². The van der Waals surface area contributed by atoms with Gasteiger partial charge in [0.2, 0.25) is 0 Å². The number of anilines is 1. The standard InChI is InChI=1S/C16H16F3NO7/c17-16(18,19)8-3-6-1-2-7(4-9(6)26-14(8)24)20-11-13(23)12(22)10(5-21)27-15(11)25/h1-4,10-13,15,20-23,25H,5H2/t10?,11?,12-,13-,15-/m0/s1. The number of rotatable bonds is 3. The van der Waals surface area contributed by atoms with Crippen molar-refractivity contribution in [2.75, 3.05) is 11.9 Å². The lowest BCUT2D eigenvalue weighted by atomic mass is 9.97. The van der Waals surface area contributed by atoms with Crippen LogP contribution in [0.4, 0.5) is 18.9 Å². The molecule has 1 aromatic carbocycles. The Bertz CT molecular complexity index is 884. The molecule has 1 aliphatic heterocycles. The van der Waals surface area contributed by atoms with E-state index in [1.54, 1.807) is 0 Å². The zero-order valence-corrected chi connectivity index (χ0v) is 13.6. The molecular formula is C16H16F3NO7. The highest BCUT2D eigenvalue weighted by molar-refractivity contribution is 5.81. The Morgan fingerprint density at radius 3 is 2.44 bits per heavy atom. The van der Waals surface area contributed by atoms with Gasteiger partial charge in [-0.2, -0.15) is 13.2 Å². The molecule has 1 aromatic heterocycles. The number of hydrogen-bond donors (Lipinski definition) is 5. The fourth-order valence-electron chi connectivity index (χ4n) is 2.84. The van der Waals surface area contributed by atoms with Gasteiger partial charge in [0.1, 0.15) is 35.5 Å². The Hall–Kier alpha value is -2.18. The number of ether oxygens (including phenoxy) is 1. The summed E-state index contributed by atoms with van der Waals surface area (Å²) in [5.74, 6) is 0. The molecule has 0 aliphatic carbocycles. The van der Waals surface area contributed by atoms with Crippen LogP contribution in [0.2, 0.25) is 0 Å². The van der Waals surface area contributed by atoms with Crippen LogP contribution in [0.25, 0.3) is 11.0 Å². The zero-order chi connectivity index (χ0) is 19.9. The Morgan fingerprint density at radius 1 is 1.11 bits per heavy atom.